The Kier molecular flexibility index (Phi) is 5.41. The van der Waals surface area contributed by atoms with E-state index >= 15 is 0 Å². The molecule has 0 saturated carbocycles. The number of anilines is 2. The van der Waals surface area contributed by atoms with Gasteiger partial charge in [-0.3, -0.25) is 14.4 Å². The van der Waals surface area contributed by atoms with Crippen LogP contribution in [0.1, 0.15) is 42.3 Å². The van der Waals surface area contributed by atoms with Crippen molar-refractivity contribution in [2.24, 2.45) is 11.3 Å². The van der Waals surface area contributed by atoms with Crippen LogP contribution in [0.4, 0.5) is 15.8 Å². The number of nitrogens with zero attached hydrogens (tertiary/aromatic N) is 1. The average Bonchev–Trinajstić information content (AvgIpc) is 3.35. The molecule has 1 spiro atoms. The van der Waals surface area contributed by atoms with Crippen LogP contribution in [0.25, 0.3) is 6.08 Å². The van der Waals surface area contributed by atoms with E-state index in [-0.39, 0.29) is 23.0 Å². The SMILES string of the molecule is CC(C)(C)C(=O)[C@@H]1[C@H](C(=O)c2ccc(F)cc2)[C@@]2(C(=O)Nc3ccccc32)[C@@H]2C=Cc3cc(Cl)ccc3N12. The van der Waals surface area contributed by atoms with Crippen molar-refractivity contribution in [1.29, 1.82) is 0 Å². The predicted octanol–water partition coefficient (Wildman–Crippen LogP) is 6.07. The van der Waals surface area contributed by atoms with Crippen LogP contribution in [-0.2, 0) is 15.0 Å². The van der Waals surface area contributed by atoms with Crippen molar-refractivity contribution in [3.63, 3.8) is 0 Å². The Bertz CT molecular complexity index is 1540. The van der Waals surface area contributed by atoms with E-state index in [1.54, 1.807) is 6.07 Å². The van der Waals surface area contributed by atoms with Gasteiger partial charge in [-0.1, -0.05) is 62.7 Å². The Hall–Kier alpha value is -3.77. The summed E-state index contributed by atoms with van der Waals surface area (Å²) in [6.45, 7) is 5.46. The molecule has 7 heteroatoms. The number of para-hydroxylation sites is 1. The fraction of sp³-hybridized carbons (Fsp3) is 0.258. The highest BCUT2D eigenvalue weighted by Crippen LogP contribution is 2.58. The lowest BCUT2D eigenvalue weighted by Gasteiger charge is -2.38. The van der Waals surface area contributed by atoms with E-state index in [2.05, 4.69) is 5.32 Å². The molecule has 192 valence electrons. The number of amides is 1. The molecule has 1 N–H and O–H groups in total. The van der Waals surface area contributed by atoms with Crippen molar-refractivity contribution >= 4 is 46.5 Å². The monoisotopic (exact) mass is 528 g/mol. The molecule has 0 unspecified atom stereocenters. The molecule has 0 aromatic heterocycles. The van der Waals surface area contributed by atoms with E-state index in [1.807, 2.05) is 74.2 Å². The fourth-order valence-electron chi connectivity index (χ4n) is 6.39. The van der Waals surface area contributed by atoms with Crippen molar-refractivity contribution < 1.29 is 18.8 Å². The van der Waals surface area contributed by atoms with Gasteiger partial charge >= 0.3 is 0 Å². The summed E-state index contributed by atoms with van der Waals surface area (Å²) in [5.74, 6) is -2.41. The van der Waals surface area contributed by atoms with Gasteiger partial charge in [0.1, 0.15) is 17.3 Å². The Morgan fingerprint density at radius 2 is 1.74 bits per heavy atom. The molecule has 3 aliphatic rings. The van der Waals surface area contributed by atoms with Crippen molar-refractivity contribution in [2.75, 3.05) is 10.2 Å². The molecule has 3 aromatic carbocycles. The standard InChI is InChI=1S/C31H26ClFN2O3/c1-30(2,3)28(37)26-25(27(36)17-8-12-20(33)13-9-17)31(21-6-4-5-7-22(21)34-29(31)38)24-15-10-18-16-19(32)11-14-23(18)35(24)26/h4-16,24-26H,1-3H3,(H,34,38)/t24-,25+,26-,31-/m0/s1. The summed E-state index contributed by atoms with van der Waals surface area (Å²) in [6.07, 6.45) is 3.81. The van der Waals surface area contributed by atoms with Gasteiger partial charge in [-0.2, -0.15) is 0 Å². The normalized spacial score (nSPS) is 25.1. The second-order valence-electron chi connectivity index (χ2n) is 11.2. The minimum atomic E-state index is -1.39. The maximum Gasteiger partial charge on any atom is 0.238 e. The number of carbonyl (C=O) groups excluding carboxylic acids is 3. The van der Waals surface area contributed by atoms with E-state index in [0.717, 1.165) is 11.3 Å². The van der Waals surface area contributed by atoms with Gasteiger partial charge in [-0.15, -0.1) is 0 Å². The van der Waals surface area contributed by atoms with Gasteiger partial charge in [0.15, 0.2) is 11.6 Å². The molecular weight excluding hydrogens is 503 g/mol. The maximum atomic E-state index is 14.5. The molecule has 38 heavy (non-hydrogen) atoms. The molecule has 6 rings (SSSR count). The molecule has 3 heterocycles. The number of rotatable bonds is 3. The minimum Gasteiger partial charge on any atom is -0.352 e. The Morgan fingerprint density at radius 1 is 1.03 bits per heavy atom. The summed E-state index contributed by atoms with van der Waals surface area (Å²) < 4.78 is 13.8. The number of benzene rings is 3. The summed E-state index contributed by atoms with van der Waals surface area (Å²) >= 11 is 6.31. The summed E-state index contributed by atoms with van der Waals surface area (Å²) in [4.78, 5) is 44.9. The molecule has 0 aliphatic carbocycles. The van der Waals surface area contributed by atoms with Crippen LogP contribution in [0.3, 0.4) is 0 Å². The molecule has 0 bridgehead atoms. The van der Waals surface area contributed by atoms with Gasteiger partial charge in [-0.25, -0.2) is 4.39 Å². The first-order chi connectivity index (χ1) is 18.0. The van der Waals surface area contributed by atoms with Crippen molar-refractivity contribution in [3.8, 4) is 0 Å². The highest BCUT2D eigenvalue weighted by atomic mass is 35.5. The second kappa shape index (κ2) is 8.37. The number of Topliss-reactive ketones (excluding diaryl/α,β-unsaturated/α-hetero) is 2. The zero-order chi connectivity index (χ0) is 27.0. The number of fused-ring (bicyclic) bond motifs is 6. The smallest absolute Gasteiger partial charge is 0.238 e. The molecule has 1 saturated heterocycles. The molecule has 0 radical (unpaired) electrons. The van der Waals surface area contributed by atoms with Crippen molar-refractivity contribution in [3.05, 3.63) is 100 Å². The largest absolute Gasteiger partial charge is 0.352 e. The lowest BCUT2D eigenvalue weighted by molar-refractivity contribution is -0.128. The van der Waals surface area contributed by atoms with Gasteiger partial charge in [0.05, 0.1) is 12.0 Å². The van der Waals surface area contributed by atoms with Crippen LogP contribution in [0, 0.1) is 17.2 Å². The summed E-state index contributed by atoms with van der Waals surface area (Å²) in [5, 5.41) is 3.54. The highest BCUT2D eigenvalue weighted by molar-refractivity contribution is 6.31. The highest BCUT2D eigenvalue weighted by Gasteiger charge is 2.70. The van der Waals surface area contributed by atoms with Crippen LogP contribution in [0.15, 0.2) is 72.8 Å². The summed E-state index contributed by atoms with van der Waals surface area (Å²) in [7, 11) is 0. The van der Waals surface area contributed by atoms with Crippen LogP contribution >= 0.6 is 11.6 Å². The zero-order valence-electron chi connectivity index (χ0n) is 21.2. The van der Waals surface area contributed by atoms with E-state index in [9.17, 15) is 18.8 Å². The third kappa shape index (κ3) is 3.33. The lowest BCUT2D eigenvalue weighted by Crippen LogP contribution is -2.51. The summed E-state index contributed by atoms with van der Waals surface area (Å²) in [5.41, 5.74) is 0.874. The van der Waals surface area contributed by atoms with Crippen molar-refractivity contribution in [2.45, 2.75) is 38.3 Å². The van der Waals surface area contributed by atoms with Crippen LogP contribution in [0.2, 0.25) is 5.02 Å². The maximum absolute atomic E-state index is 14.5. The number of carbonyl (C=O) groups is 3. The van der Waals surface area contributed by atoms with Gasteiger partial charge < -0.3 is 10.2 Å². The Balaban J connectivity index is 1.68. The molecule has 3 aromatic rings. The number of hydrogen-bond acceptors (Lipinski definition) is 4. The summed E-state index contributed by atoms with van der Waals surface area (Å²) in [6, 6.07) is 16.4. The van der Waals surface area contributed by atoms with Gasteiger partial charge in [0, 0.05) is 27.4 Å². The van der Waals surface area contributed by atoms with Gasteiger partial charge in [0.25, 0.3) is 0 Å². The van der Waals surface area contributed by atoms with Gasteiger partial charge in [-0.05, 0) is 59.7 Å². The molecular formula is C31H26ClFN2O3. The number of ketones is 2. The minimum absolute atomic E-state index is 0.159. The van der Waals surface area contributed by atoms with Crippen LogP contribution in [-0.4, -0.2) is 29.6 Å². The number of halogens is 2. The van der Waals surface area contributed by atoms with E-state index in [0.29, 0.717) is 16.3 Å². The van der Waals surface area contributed by atoms with Crippen molar-refractivity contribution in [1.82, 2.24) is 0 Å². The quantitative estimate of drug-likeness (QED) is 0.419. The van der Waals surface area contributed by atoms with Crippen LogP contribution in [0.5, 0.6) is 0 Å². The molecule has 1 amide bonds. The van der Waals surface area contributed by atoms with Crippen LogP contribution < -0.4 is 10.2 Å². The molecule has 1 fully saturated rings. The average molecular weight is 529 g/mol. The first-order valence-corrected chi connectivity index (χ1v) is 12.9. The van der Waals surface area contributed by atoms with Gasteiger partial charge in [0.2, 0.25) is 5.91 Å². The molecule has 3 aliphatic heterocycles. The zero-order valence-corrected chi connectivity index (χ0v) is 21.9. The van der Waals surface area contributed by atoms with E-state index in [1.165, 1.54) is 24.3 Å². The Morgan fingerprint density at radius 3 is 2.45 bits per heavy atom. The predicted molar refractivity (Wildman–Crippen MR) is 146 cm³/mol. The topological polar surface area (TPSA) is 66.5 Å². The Labute approximate surface area is 225 Å². The number of hydrogen-bond donors (Lipinski definition) is 1. The fourth-order valence-corrected chi connectivity index (χ4v) is 6.57. The first-order valence-electron chi connectivity index (χ1n) is 12.6. The molecule has 5 nitrogen and oxygen atoms in total. The third-order valence-electron chi connectivity index (χ3n) is 8.01. The number of nitrogens with one attached hydrogen (secondary N) is 1. The molecule has 4 atom stereocenters. The lowest BCUT2D eigenvalue weighted by atomic mass is 9.63. The third-order valence-corrected chi connectivity index (χ3v) is 8.25. The van der Waals surface area contributed by atoms with E-state index < -0.39 is 34.6 Å². The van der Waals surface area contributed by atoms with E-state index in [4.69, 9.17) is 11.6 Å². The second-order valence-corrected chi connectivity index (χ2v) is 11.6. The first kappa shape index (κ1) is 24.6.